The van der Waals surface area contributed by atoms with Crippen LogP contribution in [-0.2, 0) is 11.2 Å². The predicted molar refractivity (Wildman–Crippen MR) is 114 cm³/mol. The Balaban J connectivity index is 1.36. The summed E-state index contributed by atoms with van der Waals surface area (Å²) in [5.41, 5.74) is 2.04. The van der Waals surface area contributed by atoms with Crippen LogP contribution in [0.1, 0.15) is 41.6 Å². The number of hydrogen-bond donors (Lipinski definition) is 1. The Morgan fingerprint density at radius 2 is 2.00 bits per heavy atom. The third kappa shape index (κ3) is 4.13. The molecule has 33 heavy (non-hydrogen) atoms. The molecule has 2 aliphatic rings. The SMILES string of the molecule is COc1ccc(Oc2ccc(F)c3c2CC[C@H]3Oc2ccc3c(c2)OC[C@H]3CC(=O)O)nn1. The number of methoxy groups -OCH3 is 1. The Hall–Kier alpha value is -3.88. The molecule has 2 heterocycles. The minimum absolute atomic E-state index is 0.00969. The van der Waals surface area contributed by atoms with Crippen LogP contribution in [0.3, 0.4) is 0 Å². The Morgan fingerprint density at radius 3 is 2.76 bits per heavy atom. The Bertz CT molecular complexity index is 1200. The maximum Gasteiger partial charge on any atom is 0.304 e. The number of benzene rings is 2. The minimum atomic E-state index is -0.867. The number of ether oxygens (including phenoxy) is 4. The Kier molecular flexibility index (Phi) is 5.45. The highest BCUT2D eigenvalue weighted by molar-refractivity contribution is 5.68. The van der Waals surface area contributed by atoms with Crippen molar-refractivity contribution in [2.75, 3.05) is 13.7 Å². The van der Waals surface area contributed by atoms with E-state index in [1.54, 1.807) is 30.3 Å². The third-order valence-corrected chi connectivity index (χ3v) is 5.84. The average molecular weight is 452 g/mol. The molecule has 0 radical (unpaired) electrons. The zero-order valence-electron chi connectivity index (χ0n) is 17.8. The summed E-state index contributed by atoms with van der Waals surface area (Å²) in [5, 5.41) is 16.9. The van der Waals surface area contributed by atoms with E-state index in [0.29, 0.717) is 48.1 Å². The van der Waals surface area contributed by atoms with Crippen LogP contribution in [0.2, 0.25) is 0 Å². The fourth-order valence-electron chi connectivity index (χ4n) is 4.31. The first kappa shape index (κ1) is 21.0. The smallest absolute Gasteiger partial charge is 0.304 e. The first-order chi connectivity index (χ1) is 16.0. The van der Waals surface area contributed by atoms with Gasteiger partial charge in [0.15, 0.2) is 0 Å². The van der Waals surface area contributed by atoms with Crippen molar-refractivity contribution < 1.29 is 33.2 Å². The number of carbonyl (C=O) groups is 1. The number of carboxylic acid groups (broad SMARTS) is 1. The van der Waals surface area contributed by atoms with Crippen LogP contribution >= 0.6 is 0 Å². The number of aliphatic carboxylic acids is 1. The normalized spacial score (nSPS) is 18.2. The van der Waals surface area contributed by atoms with Crippen LogP contribution in [-0.4, -0.2) is 35.0 Å². The van der Waals surface area contributed by atoms with Crippen molar-refractivity contribution in [2.45, 2.75) is 31.3 Å². The van der Waals surface area contributed by atoms with E-state index in [1.807, 2.05) is 6.07 Å². The summed E-state index contributed by atoms with van der Waals surface area (Å²) in [6.45, 7) is 0.320. The molecule has 0 fully saturated rings. The Morgan fingerprint density at radius 1 is 1.18 bits per heavy atom. The number of rotatable bonds is 7. The molecule has 9 heteroatoms. The second kappa shape index (κ2) is 8.57. The summed E-state index contributed by atoms with van der Waals surface area (Å²) in [5.74, 6) is 0.881. The molecule has 0 amide bonds. The van der Waals surface area contributed by atoms with Gasteiger partial charge in [-0.3, -0.25) is 4.79 Å². The van der Waals surface area contributed by atoms with Gasteiger partial charge in [0.2, 0.25) is 11.8 Å². The number of nitrogens with zero attached hydrogens (tertiary/aromatic N) is 2. The standard InChI is InChI=1S/C24H21FN2O6/c1-30-21-8-9-22(27-26-21)33-18-7-5-17(25)24-16(18)4-6-19(24)32-14-2-3-15-13(10-23(28)29)12-31-20(15)11-14/h2-3,5,7-9,11,13,19H,4,6,10,12H2,1H3,(H,28,29)/t13-,19-/m1/s1. The summed E-state index contributed by atoms with van der Waals surface area (Å²) >= 11 is 0. The second-order valence-electron chi connectivity index (χ2n) is 7.90. The highest BCUT2D eigenvalue weighted by Crippen LogP contribution is 2.44. The van der Waals surface area contributed by atoms with Gasteiger partial charge >= 0.3 is 5.97 Å². The van der Waals surface area contributed by atoms with E-state index in [1.165, 1.54) is 13.2 Å². The summed E-state index contributed by atoms with van der Waals surface area (Å²) in [6.07, 6.45) is 0.689. The van der Waals surface area contributed by atoms with Crippen molar-refractivity contribution in [1.82, 2.24) is 10.2 Å². The quantitative estimate of drug-likeness (QED) is 0.562. The molecule has 0 unspecified atom stereocenters. The molecular weight excluding hydrogens is 431 g/mol. The highest BCUT2D eigenvalue weighted by Gasteiger charge is 2.32. The summed E-state index contributed by atoms with van der Waals surface area (Å²) in [7, 11) is 1.50. The molecule has 3 aromatic rings. The number of aromatic nitrogens is 2. The molecule has 1 aliphatic carbocycles. The van der Waals surface area contributed by atoms with Gasteiger partial charge in [0.25, 0.3) is 0 Å². The van der Waals surface area contributed by atoms with Gasteiger partial charge in [-0.05, 0) is 31.0 Å². The van der Waals surface area contributed by atoms with Crippen LogP contribution in [0.5, 0.6) is 29.0 Å². The molecule has 1 N–H and O–H groups in total. The van der Waals surface area contributed by atoms with Crippen molar-refractivity contribution >= 4 is 5.97 Å². The molecule has 5 rings (SSSR count). The molecular formula is C24H21FN2O6. The topological polar surface area (TPSA) is 100 Å². The molecule has 0 spiro atoms. The van der Waals surface area contributed by atoms with Crippen molar-refractivity contribution in [3.8, 4) is 29.0 Å². The van der Waals surface area contributed by atoms with E-state index in [-0.39, 0.29) is 24.0 Å². The predicted octanol–water partition coefficient (Wildman–Crippen LogP) is 4.43. The van der Waals surface area contributed by atoms with Gasteiger partial charge in [0.1, 0.15) is 29.2 Å². The zero-order chi connectivity index (χ0) is 22.9. The van der Waals surface area contributed by atoms with Gasteiger partial charge in [0.05, 0.1) is 20.1 Å². The lowest BCUT2D eigenvalue weighted by molar-refractivity contribution is -0.137. The molecule has 0 saturated carbocycles. The summed E-state index contributed by atoms with van der Waals surface area (Å²) in [4.78, 5) is 11.0. The van der Waals surface area contributed by atoms with Crippen molar-refractivity contribution in [3.63, 3.8) is 0 Å². The maximum atomic E-state index is 14.8. The van der Waals surface area contributed by atoms with E-state index < -0.39 is 12.1 Å². The highest BCUT2D eigenvalue weighted by atomic mass is 19.1. The number of fused-ring (bicyclic) bond motifs is 2. The second-order valence-corrected chi connectivity index (χ2v) is 7.90. The van der Waals surface area contributed by atoms with Crippen LogP contribution in [0, 0.1) is 5.82 Å². The van der Waals surface area contributed by atoms with Gasteiger partial charge in [-0.2, -0.15) is 0 Å². The molecule has 2 aromatic carbocycles. The van der Waals surface area contributed by atoms with Crippen LogP contribution in [0.4, 0.5) is 4.39 Å². The lowest BCUT2D eigenvalue weighted by Crippen LogP contribution is -2.07. The van der Waals surface area contributed by atoms with Crippen molar-refractivity contribution in [1.29, 1.82) is 0 Å². The maximum absolute atomic E-state index is 14.8. The Labute approximate surface area is 188 Å². The van der Waals surface area contributed by atoms with Gasteiger partial charge < -0.3 is 24.1 Å². The molecule has 2 atom stereocenters. The molecule has 1 aromatic heterocycles. The third-order valence-electron chi connectivity index (χ3n) is 5.84. The minimum Gasteiger partial charge on any atom is -0.492 e. The van der Waals surface area contributed by atoms with Gasteiger partial charge in [-0.25, -0.2) is 4.39 Å². The van der Waals surface area contributed by atoms with Gasteiger partial charge in [-0.15, -0.1) is 10.2 Å². The molecule has 0 bridgehead atoms. The molecule has 0 saturated heterocycles. The van der Waals surface area contributed by atoms with Crippen molar-refractivity contribution in [2.24, 2.45) is 0 Å². The lowest BCUT2D eigenvalue weighted by Gasteiger charge is -2.17. The van der Waals surface area contributed by atoms with E-state index in [2.05, 4.69) is 10.2 Å². The zero-order valence-corrected chi connectivity index (χ0v) is 17.8. The molecule has 8 nitrogen and oxygen atoms in total. The first-order valence-electron chi connectivity index (χ1n) is 10.5. The fraction of sp³-hybridized carbons (Fsp3) is 0.292. The number of halogens is 1. The van der Waals surface area contributed by atoms with E-state index in [9.17, 15) is 9.18 Å². The van der Waals surface area contributed by atoms with Gasteiger partial charge in [-0.1, -0.05) is 6.07 Å². The van der Waals surface area contributed by atoms with Crippen LogP contribution in [0.15, 0.2) is 42.5 Å². The first-order valence-corrected chi connectivity index (χ1v) is 10.5. The summed E-state index contributed by atoms with van der Waals surface area (Å²) in [6, 6.07) is 11.5. The molecule has 170 valence electrons. The van der Waals surface area contributed by atoms with E-state index in [4.69, 9.17) is 24.1 Å². The van der Waals surface area contributed by atoms with E-state index >= 15 is 0 Å². The van der Waals surface area contributed by atoms with Crippen LogP contribution in [0.25, 0.3) is 0 Å². The summed E-state index contributed by atoms with van der Waals surface area (Å²) < 4.78 is 37.4. The average Bonchev–Trinajstić information content (AvgIpc) is 3.41. The number of carboxylic acids is 1. The van der Waals surface area contributed by atoms with Gasteiger partial charge in [0, 0.05) is 40.8 Å². The lowest BCUT2D eigenvalue weighted by atomic mass is 9.98. The monoisotopic (exact) mass is 452 g/mol. The van der Waals surface area contributed by atoms with Crippen molar-refractivity contribution in [3.05, 3.63) is 65.0 Å². The van der Waals surface area contributed by atoms with Crippen LogP contribution < -0.4 is 18.9 Å². The van der Waals surface area contributed by atoms with E-state index in [0.717, 1.165) is 11.1 Å². The molecule has 1 aliphatic heterocycles. The number of hydrogen-bond acceptors (Lipinski definition) is 7. The largest absolute Gasteiger partial charge is 0.492 e. The fourth-order valence-corrected chi connectivity index (χ4v) is 4.31.